The summed E-state index contributed by atoms with van der Waals surface area (Å²) >= 11 is 0. The van der Waals surface area contributed by atoms with E-state index in [0.717, 1.165) is 31.2 Å². The van der Waals surface area contributed by atoms with Crippen LogP contribution in [0.5, 0.6) is 0 Å². The molecule has 1 saturated heterocycles. The van der Waals surface area contributed by atoms with E-state index in [1.165, 1.54) is 4.90 Å². The van der Waals surface area contributed by atoms with Crippen molar-refractivity contribution in [3.63, 3.8) is 0 Å². The number of fused-ring (bicyclic) bond motifs is 1. The largest absolute Gasteiger partial charge is 0.398 e. The maximum atomic E-state index is 12.4. The molecular weight excluding hydrogens is 240 g/mol. The number of benzene rings is 1. The lowest BCUT2D eigenvalue weighted by Gasteiger charge is -2.19. The molecule has 2 unspecified atom stereocenters. The number of rotatable bonds is 1. The molecule has 19 heavy (non-hydrogen) atoms. The van der Waals surface area contributed by atoms with Crippen molar-refractivity contribution in [3.8, 4) is 0 Å². The number of carbonyl (C=O) groups excluding carboxylic acids is 2. The molecule has 1 aliphatic heterocycles. The summed E-state index contributed by atoms with van der Waals surface area (Å²) in [4.78, 5) is 26.2. The van der Waals surface area contributed by atoms with Crippen molar-refractivity contribution in [1.82, 2.24) is 0 Å². The first-order valence-electron chi connectivity index (χ1n) is 6.83. The number of aryl methyl sites for hydroxylation is 1. The second-order valence-electron chi connectivity index (χ2n) is 5.55. The fraction of sp³-hybridized carbons (Fsp3) is 0.467. The van der Waals surface area contributed by atoms with Crippen LogP contribution in [-0.4, -0.2) is 11.8 Å². The van der Waals surface area contributed by atoms with Crippen LogP contribution < -0.4 is 10.6 Å². The van der Waals surface area contributed by atoms with Gasteiger partial charge in [-0.1, -0.05) is 18.9 Å². The Hall–Kier alpha value is -1.84. The molecule has 1 aromatic carbocycles. The van der Waals surface area contributed by atoms with Crippen molar-refractivity contribution in [2.24, 2.45) is 11.8 Å². The van der Waals surface area contributed by atoms with Crippen LogP contribution in [0.2, 0.25) is 0 Å². The number of hydrogen-bond donors (Lipinski definition) is 1. The Morgan fingerprint density at radius 1 is 1.11 bits per heavy atom. The summed E-state index contributed by atoms with van der Waals surface area (Å²) in [6.45, 7) is 1.91. The highest BCUT2D eigenvalue weighted by Gasteiger charge is 2.48. The zero-order chi connectivity index (χ0) is 13.6. The Kier molecular flexibility index (Phi) is 2.81. The number of carbonyl (C=O) groups is 2. The molecule has 2 N–H and O–H groups in total. The maximum absolute atomic E-state index is 12.4. The van der Waals surface area contributed by atoms with Gasteiger partial charge in [0.05, 0.1) is 17.5 Å². The van der Waals surface area contributed by atoms with Crippen LogP contribution in [0.25, 0.3) is 0 Å². The van der Waals surface area contributed by atoms with E-state index in [0.29, 0.717) is 11.4 Å². The number of hydrogen-bond acceptors (Lipinski definition) is 3. The van der Waals surface area contributed by atoms with Crippen molar-refractivity contribution in [3.05, 3.63) is 23.8 Å². The van der Waals surface area contributed by atoms with Gasteiger partial charge in [-0.15, -0.1) is 0 Å². The van der Waals surface area contributed by atoms with E-state index < -0.39 is 0 Å². The lowest BCUT2D eigenvalue weighted by molar-refractivity contribution is -0.122. The van der Waals surface area contributed by atoms with E-state index >= 15 is 0 Å². The number of nitrogens with zero attached hydrogens (tertiary/aromatic N) is 1. The fourth-order valence-corrected chi connectivity index (χ4v) is 3.18. The zero-order valence-corrected chi connectivity index (χ0v) is 11.1. The number of amides is 2. The molecule has 1 heterocycles. The van der Waals surface area contributed by atoms with Crippen molar-refractivity contribution in [2.75, 3.05) is 10.6 Å². The molecule has 3 rings (SSSR count). The third kappa shape index (κ3) is 1.82. The smallest absolute Gasteiger partial charge is 0.237 e. The minimum atomic E-state index is -0.108. The summed E-state index contributed by atoms with van der Waals surface area (Å²) in [6, 6.07) is 5.38. The van der Waals surface area contributed by atoms with Crippen LogP contribution in [0.3, 0.4) is 0 Å². The van der Waals surface area contributed by atoms with Gasteiger partial charge in [0.25, 0.3) is 0 Å². The van der Waals surface area contributed by atoms with Gasteiger partial charge in [-0.25, -0.2) is 4.90 Å². The molecule has 100 valence electrons. The Labute approximate surface area is 112 Å². The van der Waals surface area contributed by atoms with Crippen molar-refractivity contribution in [1.29, 1.82) is 0 Å². The van der Waals surface area contributed by atoms with Gasteiger partial charge < -0.3 is 5.73 Å². The lowest BCUT2D eigenvalue weighted by Crippen LogP contribution is -2.30. The highest BCUT2D eigenvalue weighted by atomic mass is 16.2. The minimum Gasteiger partial charge on any atom is -0.398 e. The molecular formula is C15H18N2O2. The van der Waals surface area contributed by atoms with Gasteiger partial charge in [0.15, 0.2) is 0 Å². The van der Waals surface area contributed by atoms with E-state index in [9.17, 15) is 9.59 Å². The topological polar surface area (TPSA) is 63.4 Å². The van der Waals surface area contributed by atoms with Crippen LogP contribution in [0, 0.1) is 18.8 Å². The highest BCUT2D eigenvalue weighted by Crippen LogP contribution is 2.40. The average molecular weight is 258 g/mol. The van der Waals surface area contributed by atoms with Crippen molar-refractivity contribution >= 4 is 23.2 Å². The number of nitrogens with two attached hydrogens (primary N) is 1. The maximum Gasteiger partial charge on any atom is 0.237 e. The third-order valence-corrected chi connectivity index (χ3v) is 4.36. The highest BCUT2D eigenvalue weighted by molar-refractivity contribution is 6.22. The van der Waals surface area contributed by atoms with Crippen LogP contribution in [0.15, 0.2) is 18.2 Å². The number of imide groups is 1. The Morgan fingerprint density at radius 2 is 1.68 bits per heavy atom. The number of anilines is 2. The molecule has 4 heteroatoms. The number of nitrogen functional groups attached to an aromatic ring is 1. The Morgan fingerprint density at radius 3 is 2.21 bits per heavy atom. The Balaban J connectivity index is 1.98. The molecule has 1 aromatic rings. The summed E-state index contributed by atoms with van der Waals surface area (Å²) in [5.74, 6) is -0.302. The molecule has 4 nitrogen and oxygen atoms in total. The molecule has 0 bridgehead atoms. The van der Waals surface area contributed by atoms with Gasteiger partial charge >= 0.3 is 0 Å². The van der Waals surface area contributed by atoms with E-state index in [2.05, 4.69) is 0 Å². The summed E-state index contributed by atoms with van der Waals surface area (Å²) in [5, 5.41) is 0. The monoisotopic (exact) mass is 258 g/mol. The van der Waals surface area contributed by atoms with Gasteiger partial charge in [-0.3, -0.25) is 9.59 Å². The van der Waals surface area contributed by atoms with E-state index in [-0.39, 0.29) is 23.7 Å². The van der Waals surface area contributed by atoms with Crippen molar-refractivity contribution in [2.45, 2.75) is 32.6 Å². The van der Waals surface area contributed by atoms with Crippen LogP contribution in [-0.2, 0) is 9.59 Å². The zero-order valence-electron chi connectivity index (χ0n) is 11.1. The summed E-state index contributed by atoms with van der Waals surface area (Å²) in [5.41, 5.74) is 8.07. The molecule has 0 aromatic heterocycles. The van der Waals surface area contributed by atoms with Gasteiger partial charge in [0, 0.05) is 5.69 Å². The molecule has 2 amide bonds. The predicted octanol–water partition coefficient (Wildman–Crippen LogP) is 2.26. The summed E-state index contributed by atoms with van der Waals surface area (Å²) in [6.07, 6.45) is 3.77. The first-order chi connectivity index (χ1) is 9.09. The average Bonchev–Trinajstić information content (AvgIpc) is 2.66. The SMILES string of the molecule is Cc1ccc(N2C(=O)C3CCCCC3C2=O)cc1N. The predicted molar refractivity (Wildman–Crippen MR) is 73.5 cm³/mol. The van der Waals surface area contributed by atoms with Gasteiger partial charge in [0.1, 0.15) is 0 Å². The standard InChI is InChI=1S/C15H18N2O2/c1-9-6-7-10(8-13(9)16)17-14(18)11-4-2-3-5-12(11)15(17)19/h6-8,11-12H,2-5,16H2,1H3. The van der Waals surface area contributed by atoms with Crippen LogP contribution >= 0.6 is 0 Å². The first-order valence-corrected chi connectivity index (χ1v) is 6.83. The van der Waals surface area contributed by atoms with Gasteiger partial charge in [-0.2, -0.15) is 0 Å². The normalized spacial score (nSPS) is 26.7. The second kappa shape index (κ2) is 4.37. The van der Waals surface area contributed by atoms with Crippen molar-refractivity contribution < 1.29 is 9.59 Å². The third-order valence-electron chi connectivity index (χ3n) is 4.36. The molecule has 2 aliphatic rings. The van der Waals surface area contributed by atoms with E-state index in [4.69, 9.17) is 5.73 Å². The Bertz CT molecular complexity index is 529. The molecule has 2 atom stereocenters. The fourth-order valence-electron chi connectivity index (χ4n) is 3.18. The summed E-state index contributed by atoms with van der Waals surface area (Å²) in [7, 11) is 0. The molecule has 0 radical (unpaired) electrons. The molecule has 1 saturated carbocycles. The quantitative estimate of drug-likeness (QED) is 0.620. The van der Waals surface area contributed by atoms with Crippen LogP contribution in [0.4, 0.5) is 11.4 Å². The van der Waals surface area contributed by atoms with Gasteiger partial charge in [-0.05, 0) is 37.5 Å². The molecule has 2 fully saturated rings. The minimum absolute atomic E-state index is 0.0436. The molecule has 1 aliphatic carbocycles. The summed E-state index contributed by atoms with van der Waals surface area (Å²) < 4.78 is 0. The molecule has 0 spiro atoms. The second-order valence-corrected chi connectivity index (χ2v) is 5.55. The first kappa shape index (κ1) is 12.2. The van der Waals surface area contributed by atoms with Gasteiger partial charge in [0.2, 0.25) is 11.8 Å². The van der Waals surface area contributed by atoms with E-state index in [1.807, 2.05) is 13.0 Å². The van der Waals surface area contributed by atoms with E-state index in [1.54, 1.807) is 12.1 Å². The lowest BCUT2D eigenvalue weighted by atomic mass is 9.81. The van der Waals surface area contributed by atoms with Crippen LogP contribution in [0.1, 0.15) is 31.2 Å².